The van der Waals surface area contributed by atoms with E-state index < -0.39 is 0 Å². The first-order chi connectivity index (χ1) is 4.88. The summed E-state index contributed by atoms with van der Waals surface area (Å²) in [7, 11) is 0. The third-order valence-corrected chi connectivity index (χ3v) is 1.59. The van der Waals surface area contributed by atoms with E-state index in [0.717, 1.165) is 11.4 Å². The molecule has 1 aliphatic rings. The molecule has 3 heteroatoms. The molecule has 0 amide bonds. The lowest BCUT2D eigenvalue weighted by atomic mass is 10.1. The van der Waals surface area contributed by atoms with Gasteiger partial charge in [-0.05, 0) is 0 Å². The van der Waals surface area contributed by atoms with E-state index in [0.29, 0.717) is 5.92 Å². The van der Waals surface area contributed by atoms with Crippen LogP contribution in [0.2, 0.25) is 0 Å². The number of fused-ring (bicyclic) bond motifs is 1. The van der Waals surface area contributed by atoms with E-state index in [1.165, 1.54) is 0 Å². The van der Waals surface area contributed by atoms with E-state index in [9.17, 15) is 0 Å². The van der Waals surface area contributed by atoms with Crippen LogP contribution in [0.4, 0.5) is 5.69 Å². The first-order valence-electron chi connectivity index (χ1n) is 3.22. The Morgan fingerprint density at radius 2 is 2.40 bits per heavy atom. The van der Waals surface area contributed by atoms with Crippen LogP contribution in [0.5, 0.6) is 0 Å². The van der Waals surface area contributed by atoms with Gasteiger partial charge in [0.15, 0.2) is 0 Å². The van der Waals surface area contributed by atoms with Crippen molar-refractivity contribution < 1.29 is 0 Å². The van der Waals surface area contributed by atoms with Gasteiger partial charge >= 0.3 is 0 Å². The van der Waals surface area contributed by atoms with Gasteiger partial charge in [-0.3, -0.25) is 4.99 Å². The van der Waals surface area contributed by atoms with Gasteiger partial charge in [0.1, 0.15) is 12.0 Å². The van der Waals surface area contributed by atoms with Gasteiger partial charge < -0.3 is 0 Å². The number of rotatable bonds is 0. The molecule has 0 fully saturated rings. The second-order valence-corrected chi connectivity index (χ2v) is 2.36. The van der Waals surface area contributed by atoms with Crippen molar-refractivity contribution in [1.82, 2.24) is 9.97 Å². The van der Waals surface area contributed by atoms with Crippen molar-refractivity contribution in [3.05, 3.63) is 18.2 Å². The summed E-state index contributed by atoms with van der Waals surface area (Å²) >= 11 is 0. The van der Waals surface area contributed by atoms with Crippen LogP contribution >= 0.6 is 0 Å². The van der Waals surface area contributed by atoms with Gasteiger partial charge in [-0.1, -0.05) is 6.92 Å². The molecule has 2 heterocycles. The minimum atomic E-state index is 0.359. The van der Waals surface area contributed by atoms with Crippen LogP contribution in [0.3, 0.4) is 0 Å². The Bertz CT molecular complexity index is 280. The number of aliphatic imine (C=N–C) groups is 1. The van der Waals surface area contributed by atoms with E-state index in [2.05, 4.69) is 21.9 Å². The normalized spacial score (nSPS) is 21.1. The van der Waals surface area contributed by atoms with Crippen LogP contribution in [0.15, 0.2) is 17.5 Å². The molecule has 0 aliphatic carbocycles. The van der Waals surface area contributed by atoms with Crippen molar-refractivity contribution in [2.75, 3.05) is 0 Å². The second-order valence-electron chi connectivity index (χ2n) is 2.36. The molecule has 1 unspecified atom stereocenters. The highest BCUT2D eigenvalue weighted by atomic mass is 14.9. The van der Waals surface area contributed by atoms with Crippen LogP contribution in [-0.4, -0.2) is 16.2 Å². The minimum absolute atomic E-state index is 0.359. The Balaban J connectivity index is 2.59. The molecule has 1 aliphatic heterocycles. The van der Waals surface area contributed by atoms with Gasteiger partial charge in [0.2, 0.25) is 0 Å². The molecule has 50 valence electrons. The molecular formula is C7H7N3. The fourth-order valence-corrected chi connectivity index (χ4v) is 1.04. The van der Waals surface area contributed by atoms with Crippen molar-refractivity contribution in [2.45, 2.75) is 12.8 Å². The number of hydrogen-bond donors (Lipinski definition) is 0. The maximum atomic E-state index is 4.13. The topological polar surface area (TPSA) is 38.1 Å². The summed E-state index contributed by atoms with van der Waals surface area (Å²) in [4.78, 5) is 12.1. The first kappa shape index (κ1) is 5.53. The van der Waals surface area contributed by atoms with Crippen LogP contribution < -0.4 is 0 Å². The Labute approximate surface area is 58.9 Å². The van der Waals surface area contributed by atoms with E-state index >= 15 is 0 Å². The molecule has 0 N–H and O–H groups in total. The zero-order chi connectivity index (χ0) is 6.97. The third kappa shape index (κ3) is 0.635. The fourth-order valence-electron chi connectivity index (χ4n) is 1.04. The fraction of sp³-hybridized carbons (Fsp3) is 0.286. The summed E-state index contributed by atoms with van der Waals surface area (Å²) in [5.74, 6) is 0.359. The monoisotopic (exact) mass is 133 g/mol. The molecule has 0 radical (unpaired) electrons. The van der Waals surface area contributed by atoms with Crippen molar-refractivity contribution >= 4 is 11.9 Å². The molecule has 0 spiro atoms. The van der Waals surface area contributed by atoms with Crippen molar-refractivity contribution in [1.29, 1.82) is 0 Å². The minimum Gasteiger partial charge on any atom is -0.257 e. The molecule has 1 aromatic heterocycles. The summed E-state index contributed by atoms with van der Waals surface area (Å²) in [6, 6.07) is 0. The molecule has 0 bridgehead atoms. The lowest BCUT2D eigenvalue weighted by molar-refractivity contribution is 0.971. The molecule has 10 heavy (non-hydrogen) atoms. The summed E-state index contributed by atoms with van der Waals surface area (Å²) in [6.07, 6.45) is 5.19. The van der Waals surface area contributed by atoms with Crippen molar-refractivity contribution in [3.63, 3.8) is 0 Å². The van der Waals surface area contributed by atoms with Crippen molar-refractivity contribution in [3.8, 4) is 0 Å². The highest BCUT2D eigenvalue weighted by Gasteiger charge is 2.14. The highest BCUT2D eigenvalue weighted by molar-refractivity contribution is 5.78. The Morgan fingerprint density at radius 1 is 1.50 bits per heavy atom. The van der Waals surface area contributed by atoms with E-state index in [1.54, 1.807) is 12.5 Å². The molecule has 1 atom stereocenters. The molecule has 0 saturated carbocycles. The van der Waals surface area contributed by atoms with Gasteiger partial charge in [0.05, 0.1) is 11.9 Å². The molecule has 1 aromatic rings. The summed E-state index contributed by atoms with van der Waals surface area (Å²) in [5, 5.41) is 0. The van der Waals surface area contributed by atoms with Crippen LogP contribution in [-0.2, 0) is 0 Å². The SMILES string of the molecule is CC1C=Nc2cncnc21. The van der Waals surface area contributed by atoms with Gasteiger partial charge in [-0.15, -0.1) is 0 Å². The highest BCUT2D eigenvalue weighted by Crippen LogP contribution is 2.27. The van der Waals surface area contributed by atoms with E-state index in [4.69, 9.17) is 0 Å². The number of nitrogens with zero attached hydrogens (tertiary/aromatic N) is 3. The summed E-state index contributed by atoms with van der Waals surface area (Å²) in [5.41, 5.74) is 1.95. The standard InChI is InChI=1S/C7H7N3/c1-5-2-9-6-3-8-4-10-7(5)6/h2-5H,1H3. The molecule has 3 nitrogen and oxygen atoms in total. The second kappa shape index (κ2) is 1.87. The third-order valence-electron chi connectivity index (χ3n) is 1.59. The lowest BCUT2D eigenvalue weighted by Gasteiger charge is -1.97. The average Bonchev–Trinajstić information content (AvgIpc) is 2.34. The Kier molecular flexibility index (Phi) is 1.03. The quantitative estimate of drug-likeness (QED) is 0.535. The zero-order valence-corrected chi connectivity index (χ0v) is 5.65. The van der Waals surface area contributed by atoms with Gasteiger partial charge in [-0.25, -0.2) is 9.97 Å². The van der Waals surface area contributed by atoms with Gasteiger partial charge in [0.25, 0.3) is 0 Å². The number of hydrogen-bond acceptors (Lipinski definition) is 3. The largest absolute Gasteiger partial charge is 0.257 e. The average molecular weight is 133 g/mol. The summed E-state index contributed by atoms with van der Waals surface area (Å²) in [6.45, 7) is 2.07. The van der Waals surface area contributed by atoms with E-state index in [1.807, 2.05) is 6.21 Å². The lowest BCUT2D eigenvalue weighted by Crippen LogP contribution is -1.91. The van der Waals surface area contributed by atoms with Crippen LogP contribution in [0, 0.1) is 0 Å². The Morgan fingerprint density at radius 3 is 3.20 bits per heavy atom. The predicted octanol–water partition coefficient (Wildman–Crippen LogP) is 1.30. The molecular weight excluding hydrogens is 126 g/mol. The maximum absolute atomic E-state index is 4.13. The first-order valence-corrected chi connectivity index (χ1v) is 3.22. The zero-order valence-electron chi connectivity index (χ0n) is 5.65. The van der Waals surface area contributed by atoms with Gasteiger partial charge in [0, 0.05) is 12.1 Å². The molecule has 0 saturated heterocycles. The van der Waals surface area contributed by atoms with E-state index in [-0.39, 0.29) is 0 Å². The predicted molar refractivity (Wildman–Crippen MR) is 38.6 cm³/mol. The van der Waals surface area contributed by atoms with Crippen molar-refractivity contribution in [2.24, 2.45) is 4.99 Å². The van der Waals surface area contributed by atoms with Gasteiger partial charge in [-0.2, -0.15) is 0 Å². The van der Waals surface area contributed by atoms with Crippen LogP contribution in [0.1, 0.15) is 18.5 Å². The smallest absolute Gasteiger partial charge is 0.115 e. The number of aromatic nitrogens is 2. The maximum Gasteiger partial charge on any atom is 0.115 e. The van der Waals surface area contributed by atoms with Crippen LogP contribution in [0.25, 0.3) is 0 Å². The molecule has 0 aromatic carbocycles. The molecule has 2 rings (SSSR count). The Hall–Kier alpha value is -1.25. The summed E-state index contributed by atoms with van der Waals surface area (Å²) < 4.78 is 0.